The molecule has 2 fully saturated rings. The summed E-state index contributed by atoms with van der Waals surface area (Å²) < 4.78 is 0. The highest BCUT2D eigenvalue weighted by Gasteiger charge is 2.24. The van der Waals surface area contributed by atoms with Crippen molar-refractivity contribution in [3.63, 3.8) is 0 Å². The minimum absolute atomic E-state index is 0.00347. The first-order valence-electron chi connectivity index (χ1n) is 8.74. The molecule has 2 aliphatic rings. The summed E-state index contributed by atoms with van der Waals surface area (Å²) >= 11 is 5.87. The first kappa shape index (κ1) is 16.6. The van der Waals surface area contributed by atoms with Crippen molar-refractivity contribution in [2.45, 2.75) is 32.1 Å². The van der Waals surface area contributed by atoms with Crippen LogP contribution in [-0.4, -0.2) is 48.6 Å². The molecule has 3 rings (SSSR count). The number of carbonyl (C=O) groups is 1. The average Bonchev–Trinajstić information content (AvgIpc) is 2.58. The Labute approximate surface area is 143 Å². The second kappa shape index (κ2) is 8.02. The molecule has 1 aromatic carbocycles. The van der Waals surface area contributed by atoms with Crippen LogP contribution in [0, 0.1) is 5.92 Å². The summed E-state index contributed by atoms with van der Waals surface area (Å²) in [6, 6.07) is 7.26. The Kier molecular flexibility index (Phi) is 5.79. The number of halogens is 1. The highest BCUT2D eigenvalue weighted by atomic mass is 35.5. The second-order valence-electron chi connectivity index (χ2n) is 6.73. The normalized spacial score (nSPS) is 20.5. The van der Waals surface area contributed by atoms with Crippen molar-refractivity contribution in [3.8, 4) is 0 Å². The number of likely N-dealkylation sites (tertiary alicyclic amines) is 2. The molecule has 0 aliphatic carbocycles. The molecule has 2 aliphatic heterocycles. The van der Waals surface area contributed by atoms with Crippen LogP contribution in [0.4, 0.5) is 10.5 Å². The van der Waals surface area contributed by atoms with E-state index in [2.05, 4.69) is 10.2 Å². The van der Waals surface area contributed by atoms with Gasteiger partial charge in [0.05, 0.1) is 0 Å². The fourth-order valence-corrected chi connectivity index (χ4v) is 3.69. The highest BCUT2D eigenvalue weighted by molar-refractivity contribution is 6.30. The summed E-state index contributed by atoms with van der Waals surface area (Å²) in [4.78, 5) is 16.9. The second-order valence-corrected chi connectivity index (χ2v) is 7.17. The fraction of sp³-hybridized carbons (Fsp3) is 0.611. The number of anilines is 1. The Morgan fingerprint density at radius 3 is 2.35 bits per heavy atom. The van der Waals surface area contributed by atoms with Crippen molar-refractivity contribution in [2.24, 2.45) is 5.92 Å². The van der Waals surface area contributed by atoms with Gasteiger partial charge >= 0.3 is 6.03 Å². The van der Waals surface area contributed by atoms with E-state index in [0.717, 1.165) is 37.5 Å². The van der Waals surface area contributed by atoms with E-state index in [1.165, 1.54) is 38.9 Å². The summed E-state index contributed by atoms with van der Waals surface area (Å²) in [5, 5.41) is 3.63. The topological polar surface area (TPSA) is 35.6 Å². The number of nitrogens with zero attached hydrogens (tertiary/aromatic N) is 2. The number of piperidine rings is 2. The van der Waals surface area contributed by atoms with Crippen molar-refractivity contribution in [1.29, 1.82) is 0 Å². The summed E-state index contributed by atoms with van der Waals surface area (Å²) in [5.41, 5.74) is 0.801. The molecule has 126 valence electrons. The molecule has 1 aromatic rings. The zero-order valence-electron chi connectivity index (χ0n) is 13.6. The van der Waals surface area contributed by atoms with E-state index < -0.39 is 0 Å². The molecular weight excluding hydrogens is 310 g/mol. The Balaban J connectivity index is 1.42. The molecule has 2 amide bonds. The zero-order chi connectivity index (χ0) is 16.1. The average molecular weight is 336 g/mol. The predicted molar refractivity (Wildman–Crippen MR) is 95.1 cm³/mol. The van der Waals surface area contributed by atoms with Crippen LogP contribution in [0.2, 0.25) is 5.02 Å². The summed E-state index contributed by atoms with van der Waals surface area (Å²) in [5.74, 6) is 0.743. The summed E-state index contributed by atoms with van der Waals surface area (Å²) in [7, 11) is 0. The largest absolute Gasteiger partial charge is 0.325 e. The van der Waals surface area contributed by atoms with Crippen molar-refractivity contribution >= 4 is 23.3 Å². The van der Waals surface area contributed by atoms with Crippen molar-refractivity contribution in [1.82, 2.24) is 9.80 Å². The maximum atomic E-state index is 12.3. The Bertz CT molecular complexity index is 506. The molecule has 5 heteroatoms. The summed E-state index contributed by atoms with van der Waals surface area (Å²) in [6.45, 7) is 5.46. The SMILES string of the molecule is O=C(Nc1ccc(Cl)cc1)N1CCC(CN2CCCCC2)CC1. The van der Waals surface area contributed by atoms with Crippen molar-refractivity contribution in [2.75, 3.05) is 38.0 Å². The van der Waals surface area contributed by atoms with Gasteiger partial charge in [-0.05, 0) is 69.0 Å². The molecule has 0 bridgehead atoms. The van der Waals surface area contributed by atoms with Gasteiger partial charge < -0.3 is 15.1 Å². The van der Waals surface area contributed by atoms with Crippen LogP contribution in [0.15, 0.2) is 24.3 Å². The van der Waals surface area contributed by atoms with E-state index in [4.69, 9.17) is 11.6 Å². The van der Waals surface area contributed by atoms with Crippen LogP contribution in [-0.2, 0) is 0 Å². The van der Waals surface area contributed by atoms with Gasteiger partial charge in [-0.25, -0.2) is 4.79 Å². The number of hydrogen-bond donors (Lipinski definition) is 1. The van der Waals surface area contributed by atoms with Crippen LogP contribution >= 0.6 is 11.6 Å². The quantitative estimate of drug-likeness (QED) is 0.903. The van der Waals surface area contributed by atoms with E-state index in [1.807, 2.05) is 17.0 Å². The van der Waals surface area contributed by atoms with Crippen LogP contribution in [0.3, 0.4) is 0 Å². The first-order valence-corrected chi connectivity index (χ1v) is 9.12. The lowest BCUT2D eigenvalue weighted by Gasteiger charge is -2.36. The fourth-order valence-electron chi connectivity index (χ4n) is 3.56. The molecule has 2 heterocycles. The monoisotopic (exact) mass is 335 g/mol. The standard InChI is InChI=1S/C18H26ClN3O/c19-16-4-6-17(7-5-16)20-18(23)22-12-8-15(9-13-22)14-21-10-2-1-3-11-21/h4-7,15H,1-3,8-14H2,(H,20,23). The number of carbonyl (C=O) groups excluding carboxylic acids is 1. The Hall–Kier alpha value is -1.26. The minimum atomic E-state index is 0.00347. The third-order valence-corrected chi connectivity index (χ3v) is 5.21. The molecule has 2 saturated heterocycles. The minimum Gasteiger partial charge on any atom is -0.325 e. The molecule has 0 unspecified atom stereocenters. The maximum Gasteiger partial charge on any atom is 0.321 e. The number of urea groups is 1. The zero-order valence-corrected chi connectivity index (χ0v) is 14.4. The molecule has 0 radical (unpaired) electrons. The first-order chi connectivity index (χ1) is 11.2. The Morgan fingerprint density at radius 1 is 1.04 bits per heavy atom. The number of hydrogen-bond acceptors (Lipinski definition) is 2. The molecule has 0 spiro atoms. The van der Waals surface area contributed by atoms with Gasteiger partial charge in [-0.2, -0.15) is 0 Å². The van der Waals surface area contributed by atoms with Gasteiger partial charge in [0.2, 0.25) is 0 Å². The predicted octanol–water partition coefficient (Wildman–Crippen LogP) is 4.07. The van der Waals surface area contributed by atoms with E-state index in [1.54, 1.807) is 12.1 Å². The lowest BCUT2D eigenvalue weighted by molar-refractivity contribution is 0.142. The van der Waals surface area contributed by atoms with Gasteiger partial charge in [0, 0.05) is 30.3 Å². The molecule has 23 heavy (non-hydrogen) atoms. The number of benzene rings is 1. The molecule has 0 atom stereocenters. The molecule has 4 nitrogen and oxygen atoms in total. The lowest BCUT2D eigenvalue weighted by atomic mass is 9.95. The van der Waals surface area contributed by atoms with Gasteiger partial charge in [-0.1, -0.05) is 18.0 Å². The molecule has 0 saturated carbocycles. The van der Waals surface area contributed by atoms with E-state index in [9.17, 15) is 4.79 Å². The van der Waals surface area contributed by atoms with Crippen LogP contribution in [0.25, 0.3) is 0 Å². The van der Waals surface area contributed by atoms with Gasteiger partial charge in [-0.3, -0.25) is 0 Å². The van der Waals surface area contributed by atoms with Crippen molar-refractivity contribution < 1.29 is 4.79 Å². The third-order valence-electron chi connectivity index (χ3n) is 4.96. The van der Waals surface area contributed by atoms with Crippen LogP contribution in [0.5, 0.6) is 0 Å². The molecule has 1 N–H and O–H groups in total. The Morgan fingerprint density at radius 2 is 1.70 bits per heavy atom. The van der Waals surface area contributed by atoms with Crippen LogP contribution in [0.1, 0.15) is 32.1 Å². The van der Waals surface area contributed by atoms with Crippen molar-refractivity contribution in [3.05, 3.63) is 29.3 Å². The third kappa shape index (κ3) is 4.85. The lowest BCUT2D eigenvalue weighted by Crippen LogP contribution is -2.44. The van der Waals surface area contributed by atoms with E-state index in [0.29, 0.717) is 5.02 Å². The number of nitrogens with one attached hydrogen (secondary N) is 1. The number of amides is 2. The highest BCUT2D eigenvalue weighted by Crippen LogP contribution is 2.21. The number of rotatable bonds is 3. The van der Waals surface area contributed by atoms with Gasteiger partial charge in [-0.15, -0.1) is 0 Å². The van der Waals surface area contributed by atoms with Gasteiger partial charge in [0.1, 0.15) is 0 Å². The summed E-state index contributed by atoms with van der Waals surface area (Å²) in [6.07, 6.45) is 6.32. The molecule has 0 aromatic heterocycles. The van der Waals surface area contributed by atoms with E-state index in [-0.39, 0.29) is 6.03 Å². The van der Waals surface area contributed by atoms with E-state index >= 15 is 0 Å². The van der Waals surface area contributed by atoms with Gasteiger partial charge in [0.15, 0.2) is 0 Å². The maximum absolute atomic E-state index is 12.3. The molecular formula is C18H26ClN3O. The van der Waals surface area contributed by atoms with Gasteiger partial charge in [0.25, 0.3) is 0 Å². The van der Waals surface area contributed by atoms with Crippen LogP contribution < -0.4 is 5.32 Å². The smallest absolute Gasteiger partial charge is 0.321 e.